The molecule has 0 atom stereocenters. The Balaban J connectivity index is 2.16. The number of aliphatic imine (C=N–C) groups is 1. The fraction of sp³-hybridized carbons (Fsp3) is 0.0526. The van der Waals surface area contributed by atoms with Gasteiger partial charge in [-0.2, -0.15) is 4.99 Å². The summed E-state index contributed by atoms with van der Waals surface area (Å²) in [7, 11) is 0. The molecule has 1 amide bonds. The average Bonchev–Trinajstić information content (AvgIpc) is 3.00. The molecule has 26 heavy (non-hydrogen) atoms. The smallest absolute Gasteiger partial charge is 0.268 e. The van der Waals surface area contributed by atoms with Crippen LogP contribution < -0.4 is 11.5 Å². The monoisotopic (exact) mass is 386 g/mol. The lowest BCUT2D eigenvalue weighted by Crippen LogP contribution is -2.25. The molecule has 2 aromatic carbocycles. The molecular weight excluding hydrogens is 371 g/mol. The molecule has 3 rings (SSSR count). The summed E-state index contributed by atoms with van der Waals surface area (Å²) >= 11 is 12.5. The van der Waals surface area contributed by atoms with Crippen LogP contribution in [0.1, 0.15) is 0 Å². The minimum absolute atomic E-state index is 0.0344. The van der Waals surface area contributed by atoms with Crippen LogP contribution in [0.25, 0.3) is 22.5 Å². The molecule has 132 valence electrons. The Labute approximate surface area is 160 Å². The SMILES string of the molecule is NC(N)=NC(=O)Cn1c(-c2ccccc2)ccc1-c1cc(Cl)ccc1Cl. The highest BCUT2D eigenvalue weighted by atomic mass is 35.5. The topological polar surface area (TPSA) is 86.4 Å². The number of hydrogen-bond acceptors (Lipinski definition) is 1. The van der Waals surface area contributed by atoms with Gasteiger partial charge in [0.1, 0.15) is 6.54 Å². The zero-order valence-corrected chi connectivity index (χ0v) is 15.2. The molecule has 0 bridgehead atoms. The molecule has 0 aliphatic rings. The quantitative estimate of drug-likeness (QED) is 0.525. The molecule has 0 aliphatic carbocycles. The fourth-order valence-corrected chi connectivity index (χ4v) is 3.13. The lowest BCUT2D eigenvalue weighted by molar-refractivity contribution is -0.118. The van der Waals surface area contributed by atoms with Gasteiger partial charge in [-0.25, -0.2) is 0 Å². The molecule has 0 saturated carbocycles. The Morgan fingerprint density at radius 3 is 2.35 bits per heavy atom. The van der Waals surface area contributed by atoms with Crippen molar-refractivity contribution >= 4 is 35.1 Å². The van der Waals surface area contributed by atoms with Crippen LogP contribution in [-0.4, -0.2) is 16.4 Å². The number of benzene rings is 2. The second-order valence-corrected chi connectivity index (χ2v) is 6.45. The van der Waals surface area contributed by atoms with E-state index in [2.05, 4.69) is 4.99 Å². The summed E-state index contributed by atoms with van der Waals surface area (Å²) in [5, 5.41) is 1.08. The van der Waals surface area contributed by atoms with Gasteiger partial charge in [-0.15, -0.1) is 0 Å². The second-order valence-electron chi connectivity index (χ2n) is 5.61. The highest BCUT2D eigenvalue weighted by molar-refractivity contribution is 6.35. The van der Waals surface area contributed by atoms with Gasteiger partial charge in [-0.1, -0.05) is 53.5 Å². The summed E-state index contributed by atoms with van der Waals surface area (Å²) in [5.74, 6) is -0.733. The van der Waals surface area contributed by atoms with Crippen LogP contribution in [0.2, 0.25) is 10.0 Å². The van der Waals surface area contributed by atoms with Gasteiger partial charge in [-0.05, 0) is 35.9 Å². The summed E-state index contributed by atoms with van der Waals surface area (Å²) in [5.41, 5.74) is 13.9. The average molecular weight is 387 g/mol. The Hall–Kier alpha value is -2.76. The summed E-state index contributed by atoms with van der Waals surface area (Å²) < 4.78 is 1.82. The van der Waals surface area contributed by atoms with Crippen molar-refractivity contribution in [1.29, 1.82) is 0 Å². The number of aromatic nitrogens is 1. The largest absolute Gasteiger partial charge is 0.370 e. The normalized spacial score (nSPS) is 10.5. The first kappa shape index (κ1) is 18.0. The van der Waals surface area contributed by atoms with Crippen molar-refractivity contribution in [1.82, 2.24) is 4.57 Å². The van der Waals surface area contributed by atoms with Crippen molar-refractivity contribution in [3.05, 3.63) is 70.7 Å². The predicted octanol–water partition coefficient (Wildman–Crippen LogP) is 3.93. The molecule has 1 aromatic heterocycles. The second kappa shape index (κ2) is 7.64. The van der Waals surface area contributed by atoms with E-state index >= 15 is 0 Å². The first-order valence-corrected chi connectivity index (χ1v) is 8.54. The van der Waals surface area contributed by atoms with Crippen molar-refractivity contribution in [2.24, 2.45) is 16.5 Å². The number of halogens is 2. The lowest BCUT2D eigenvalue weighted by atomic mass is 10.1. The van der Waals surface area contributed by atoms with Gasteiger partial charge < -0.3 is 16.0 Å². The predicted molar refractivity (Wildman–Crippen MR) is 106 cm³/mol. The number of hydrogen-bond donors (Lipinski definition) is 2. The molecular formula is C19H16Cl2N4O. The molecule has 5 nitrogen and oxygen atoms in total. The molecule has 7 heteroatoms. The van der Waals surface area contributed by atoms with E-state index in [1.165, 1.54) is 0 Å². The van der Waals surface area contributed by atoms with E-state index in [0.29, 0.717) is 10.0 Å². The molecule has 0 saturated heterocycles. The van der Waals surface area contributed by atoms with Crippen molar-refractivity contribution in [2.75, 3.05) is 0 Å². The van der Waals surface area contributed by atoms with Crippen LogP contribution in [0, 0.1) is 0 Å². The number of nitrogens with zero attached hydrogens (tertiary/aromatic N) is 2. The Morgan fingerprint density at radius 1 is 0.962 bits per heavy atom. The van der Waals surface area contributed by atoms with E-state index < -0.39 is 5.91 Å². The Kier molecular flexibility index (Phi) is 5.30. The number of rotatable bonds is 4. The van der Waals surface area contributed by atoms with Gasteiger partial charge >= 0.3 is 0 Å². The number of nitrogens with two attached hydrogens (primary N) is 2. The summed E-state index contributed by atoms with van der Waals surface area (Å²) in [6, 6.07) is 18.7. The molecule has 0 radical (unpaired) electrons. The standard InChI is InChI=1S/C19H16Cl2N4O/c20-13-6-7-15(21)14(10-13)17-9-8-16(12-4-2-1-3-5-12)25(17)11-18(26)24-19(22)23/h1-10H,11H2,(H4,22,23,24,26). The summed E-state index contributed by atoms with van der Waals surface area (Å²) in [6.07, 6.45) is 0. The highest BCUT2D eigenvalue weighted by Gasteiger charge is 2.16. The van der Waals surface area contributed by atoms with Gasteiger partial charge in [0.15, 0.2) is 5.96 Å². The van der Waals surface area contributed by atoms with Gasteiger partial charge in [0.05, 0.1) is 5.69 Å². The lowest BCUT2D eigenvalue weighted by Gasteiger charge is -2.13. The Morgan fingerprint density at radius 2 is 1.65 bits per heavy atom. The van der Waals surface area contributed by atoms with E-state index in [4.69, 9.17) is 34.7 Å². The maximum absolute atomic E-state index is 12.2. The summed E-state index contributed by atoms with van der Waals surface area (Å²) in [6.45, 7) is -0.0344. The zero-order chi connectivity index (χ0) is 18.7. The van der Waals surface area contributed by atoms with Crippen LogP contribution in [0.4, 0.5) is 0 Å². The summed E-state index contributed by atoms with van der Waals surface area (Å²) in [4.78, 5) is 15.8. The van der Waals surface area contributed by atoms with E-state index in [0.717, 1.165) is 22.5 Å². The van der Waals surface area contributed by atoms with Crippen LogP contribution in [0.15, 0.2) is 65.7 Å². The minimum Gasteiger partial charge on any atom is -0.370 e. The highest BCUT2D eigenvalue weighted by Crippen LogP contribution is 2.34. The molecule has 1 heterocycles. The molecule has 3 aromatic rings. The van der Waals surface area contributed by atoms with E-state index in [9.17, 15) is 4.79 Å². The molecule has 0 spiro atoms. The van der Waals surface area contributed by atoms with Crippen LogP contribution in [0.5, 0.6) is 0 Å². The van der Waals surface area contributed by atoms with Crippen LogP contribution in [-0.2, 0) is 11.3 Å². The van der Waals surface area contributed by atoms with Crippen molar-refractivity contribution in [2.45, 2.75) is 6.54 Å². The molecule has 4 N–H and O–H groups in total. The van der Waals surface area contributed by atoms with Gasteiger partial charge in [0, 0.05) is 21.3 Å². The van der Waals surface area contributed by atoms with Crippen molar-refractivity contribution < 1.29 is 4.79 Å². The van der Waals surface area contributed by atoms with E-state index in [1.54, 1.807) is 18.2 Å². The third-order valence-electron chi connectivity index (χ3n) is 3.80. The molecule has 0 fully saturated rings. The van der Waals surface area contributed by atoms with Crippen LogP contribution in [0.3, 0.4) is 0 Å². The van der Waals surface area contributed by atoms with Gasteiger partial charge in [0.2, 0.25) is 0 Å². The number of guanidine groups is 1. The van der Waals surface area contributed by atoms with Crippen LogP contribution >= 0.6 is 23.2 Å². The van der Waals surface area contributed by atoms with E-state index in [1.807, 2.05) is 47.0 Å². The minimum atomic E-state index is -0.460. The van der Waals surface area contributed by atoms with Gasteiger partial charge in [-0.3, -0.25) is 4.79 Å². The molecule has 0 unspecified atom stereocenters. The Bertz CT molecular complexity index is 976. The fourth-order valence-electron chi connectivity index (χ4n) is 2.74. The first-order chi connectivity index (χ1) is 12.5. The van der Waals surface area contributed by atoms with Gasteiger partial charge in [0.25, 0.3) is 5.91 Å². The maximum Gasteiger partial charge on any atom is 0.268 e. The number of carbonyl (C=O) groups is 1. The number of carbonyl (C=O) groups excluding carboxylic acids is 1. The zero-order valence-electron chi connectivity index (χ0n) is 13.7. The number of amides is 1. The third-order valence-corrected chi connectivity index (χ3v) is 4.37. The maximum atomic E-state index is 12.2. The first-order valence-electron chi connectivity index (χ1n) is 7.78. The third kappa shape index (κ3) is 3.90. The van der Waals surface area contributed by atoms with E-state index in [-0.39, 0.29) is 12.5 Å². The molecule has 0 aliphatic heterocycles. The van der Waals surface area contributed by atoms with Crippen molar-refractivity contribution in [3.63, 3.8) is 0 Å². The van der Waals surface area contributed by atoms with Crippen molar-refractivity contribution in [3.8, 4) is 22.5 Å².